The molecular weight excluding hydrogens is 314 g/mol. The van der Waals surface area contributed by atoms with Gasteiger partial charge in [0.15, 0.2) is 5.82 Å². The Kier molecular flexibility index (Phi) is 4.38. The molecule has 1 amide bonds. The predicted octanol–water partition coefficient (Wildman–Crippen LogP) is 3.30. The number of carbonyl (C=O) groups is 1. The van der Waals surface area contributed by atoms with Crippen LogP contribution in [-0.2, 0) is 11.2 Å². The number of amides is 1. The van der Waals surface area contributed by atoms with Crippen LogP contribution in [0.4, 0.5) is 5.00 Å². The number of hydrogen-bond donors (Lipinski definition) is 1. The van der Waals surface area contributed by atoms with Crippen LogP contribution in [0.1, 0.15) is 11.4 Å². The van der Waals surface area contributed by atoms with Crippen LogP contribution >= 0.6 is 11.3 Å². The number of rotatable bonds is 5. The maximum atomic E-state index is 12.3. The van der Waals surface area contributed by atoms with Gasteiger partial charge in [0.1, 0.15) is 10.8 Å². The molecule has 6 nitrogen and oxygen atoms in total. The molecule has 0 aliphatic carbocycles. The van der Waals surface area contributed by atoms with E-state index in [-0.39, 0.29) is 12.3 Å². The van der Waals surface area contributed by atoms with E-state index in [0.29, 0.717) is 22.5 Å². The summed E-state index contributed by atoms with van der Waals surface area (Å²) in [6, 6.07) is 9.30. The molecule has 0 atom stereocenters. The summed E-state index contributed by atoms with van der Waals surface area (Å²) in [5.41, 5.74) is 1.56. The fraction of sp³-hybridized carbons (Fsp3) is 0.188. The van der Waals surface area contributed by atoms with E-state index in [1.807, 2.05) is 35.7 Å². The zero-order chi connectivity index (χ0) is 16.2. The van der Waals surface area contributed by atoms with Crippen molar-refractivity contribution in [3.05, 3.63) is 47.1 Å². The number of thiophene rings is 1. The summed E-state index contributed by atoms with van der Waals surface area (Å²) < 4.78 is 10.4. The van der Waals surface area contributed by atoms with Crippen LogP contribution in [0.25, 0.3) is 11.5 Å². The maximum absolute atomic E-state index is 12.3. The van der Waals surface area contributed by atoms with Gasteiger partial charge in [0, 0.05) is 5.56 Å². The molecule has 2 aromatic heterocycles. The molecular formula is C16H15N3O3S. The quantitative estimate of drug-likeness (QED) is 0.777. The van der Waals surface area contributed by atoms with Gasteiger partial charge in [-0.2, -0.15) is 4.98 Å². The molecule has 0 saturated heterocycles. The Balaban J connectivity index is 1.75. The van der Waals surface area contributed by atoms with E-state index in [1.165, 1.54) is 11.3 Å². The lowest BCUT2D eigenvalue weighted by Gasteiger charge is -2.08. The second-order valence-electron chi connectivity index (χ2n) is 4.85. The minimum atomic E-state index is -0.130. The molecule has 1 aromatic carbocycles. The van der Waals surface area contributed by atoms with E-state index >= 15 is 0 Å². The molecule has 0 spiro atoms. The Hall–Kier alpha value is -2.67. The molecule has 2 heterocycles. The van der Waals surface area contributed by atoms with Gasteiger partial charge in [-0.25, -0.2) is 0 Å². The summed E-state index contributed by atoms with van der Waals surface area (Å²) in [5, 5.41) is 9.22. The summed E-state index contributed by atoms with van der Waals surface area (Å²) in [6.07, 6.45) is 0.226. The molecule has 3 rings (SSSR count). The lowest BCUT2D eigenvalue weighted by atomic mass is 10.1. The number of carbonyl (C=O) groups excluding carboxylic acids is 1. The molecule has 0 aliphatic rings. The van der Waals surface area contributed by atoms with Crippen LogP contribution in [0, 0.1) is 6.92 Å². The highest BCUT2D eigenvalue weighted by Gasteiger charge is 2.16. The highest BCUT2D eigenvalue weighted by molar-refractivity contribution is 7.15. The zero-order valence-electron chi connectivity index (χ0n) is 12.7. The van der Waals surface area contributed by atoms with Crippen LogP contribution in [0.2, 0.25) is 0 Å². The summed E-state index contributed by atoms with van der Waals surface area (Å²) >= 11 is 1.41. The smallest absolute Gasteiger partial charge is 0.260 e. The Morgan fingerprint density at radius 1 is 1.35 bits per heavy atom. The number of aromatic nitrogens is 2. The first-order valence-electron chi connectivity index (χ1n) is 6.97. The van der Waals surface area contributed by atoms with Crippen LogP contribution in [0.15, 0.2) is 40.2 Å². The fourth-order valence-electron chi connectivity index (χ4n) is 2.17. The molecule has 3 aromatic rings. The third-order valence-electron chi connectivity index (χ3n) is 3.22. The second kappa shape index (κ2) is 6.62. The number of hydrogen-bond acceptors (Lipinski definition) is 6. The maximum Gasteiger partial charge on any atom is 0.260 e. The summed E-state index contributed by atoms with van der Waals surface area (Å²) in [5.74, 6) is 1.52. The lowest BCUT2D eigenvalue weighted by Crippen LogP contribution is -2.14. The van der Waals surface area contributed by atoms with Gasteiger partial charge in [-0.05, 0) is 24.4 Å². The highest BCUT2D eigenvalue weighted by atomic mass is 32.1. The Bertz CT molecular complexity index is 825. The zero-order valence-corrected chi connectivity index (χ0v) is 13.5. The van der Waals surface area contributed by atoms with E-state index < -0.39 is 0 Å². The first-order chi connectivity index (χ1) is 11.2. The van der Waals surface area contributed by atoms with Crippen molar-refractivity contribution in [2.24, 2.45) is 0 Å². The van der Waals surface area contributed by atoms with Crippen molar-refractivity contribution in [3.63, 3.8) is 0 Å². The van der Waals surface area contributed by atoms with Crippen molar-refractivity contribution in [1.29, 1.82) is 0 Å². The molecule has 0 saturated carbocycles. The number of nitrogens with one attached hydrogen (secondary N) is 1. The molecule has 0 bridgehead atoms. The fourth-order valence-corrected chi connectivity index (χ4v) is 2.97. The van der Waals surface area contributed by atoms with E-state index in [4.69, 9.17) is 9.26 Å². The van der Waals surface area contributed by atoms with Gasteiger partial charge in [0.05, 0.1) is 19.1 Å². The molecule has 118 valence electrons. The lowest BCUT2D eigenvalue weighted by molar-refractivity contribution is -0.115. The van der Waals surface area contributed by atoms with Crippen LogP contribution in [0.3, 0.4) is 0 Å². The minimum Gasteiger partial charge on any atom is -0.496 e. The van der Waals surface area contributed by atoms with Gasteiger partial charge in [0.2, 0.25) is 5.91 Å². The molecule has 0 unspecified atom stereocenters. The van der Waals surface area contributed by atoms with Crippen molar-refractivity contribution >= 4 is 22.2 Å². The molecule has 23 heavy (non-hydrogen) atoms. The largest absolute Gasteiger partial charge is 0.496 e. The molecule has 7 heteroatoms. The highest BCUT2D eigenvalue weighted by Crippen LogP contribution is 2.32. The summed E-state index contributed by atoms with van der Waals surface area (Å²) in [4.78, 5) is 16.5. The third kappa shape index (κ3) is 3.40. The van der Waals surface area contributed by atoms with Gasteiger partial charge < -0.3 is 14.6 Å². The number of benzene rings is 1. The van der Waals surface area contributed by atoms with Gasteiger partial charge in [-0.15, -0.1) is 11.3 Å². The third-order valence-corrected chi connectivity index (χ3v) is 4.05. The number of ether oxygens (including phenoxy) is 1. The number of nitrogens with zero attached hydrogens (tertiary/aromatic N) is 2. The van der Waals surface area contributed by atoms with Crippen LogP contribution in [0.5, 0.6) is 5.75 Å². The molecule has 0 fully saturated rings. The average Bonchev–Trinajstić information content (AvgIpc) is 3.16. The van der Waals surface area contributed by atoms with Crippen molar-refractivity contribution in [2.45, 2.75) is 13.3 Å². The van der Waals surface area contributed by atoms with E-state index in [9.17, 15) is 4.79 Å². The van der Waals surface area contributed by atoms with Gasteiger partial charge >= 0.3 is 0 Å². The van der Waals surface area contributed by atoms with Gasteiger partial charge in [-0.1, -0.05) is 23.4 Å². The average molecular weight is 329 g/mol. The second-order valence-corrected chi connectivity index (χ2v) is 5.76. The standard InChI is InChI=1S/C16H15N3O3S/c1-10-17-15(22-19-10)12-7-8-23-16(12)18-14(20)9-11-5-3-4-6-13(11)21-2/h3-8H,9H2,1-2H3,(H,18,20). The molecule has 1 N–H and O–H groups in total. The van der Waals surface area contributed by atoms with E-state index in [0.717, 1.165) is 11.1 Å². The number of aryl methyl sites for hydroxylation is 1. The van der Waals surface area contributed by atoms with Crippen LogP contribution < -0.4 is 10.1 Å². The van der Waals surface area contributed by atoms with Crippen molar-refractivity contribution in [2.75, 3.05) is 12.4 Å². The molecule has 0 aliphatic heterocycles. The summed E-state index contributed by atoms with van der Waals surface area (Å²) in [7, 11) is 1.59. The first kappa shape index (κ1) is 15.2. The molecule has 0 radical (unpaired) electrons. The Morgan fingerprint density at radius 2 is 2.17 bits per heavy atom. The minimum absolute atomic E-state index is 0.130. The van der Waals surface area contributed by atoms with Gasteiger partial charge in [0.25, 0.3) is 5.89 Å². The Labute approximate surface area is 137 Å². The predicted molar refractivity (Wildman–Crippen MR) is 87.7 cm³/mol. The number of methoxy groups -OCH3 is 1. The first-order valence-corrected chi connectivity index (χ1v) is 7.85. The topological polar surface area (TPSA) is 77.2 Å². The normalized spacial score (nSPS) is 10.5. The van der Waals surface area contributed by atoms with E-state index in [2.05, 4.69) is 15.5 Å². The van der Waals surface area contributed by atoms with Crippen molar-refractivity contribution in [3.8, 4) is 17.2 Å². The number of para-hydroxylation sites is 1. The van der Waals surface area contributed by atoms with Crippen LogP contribution in [-0.4, -0.2) is 23.2 Å². The van der Waals surface area contributed by atoms with Gasteiger partial charge in [-0.3, -0.25) is 4.79 Å². The monoisotopic (exact) mass is 329 g/mol. The van der Waals surface area contributed by atoms with E-state index in [1.54, 1.807) is 14.0 Å². The number of anilines is 1. The van der Waals surface area contributed by atoms with Crippen molar-refractivity contribution < 1.29 is 14.1 Å². The van der Waals surface area contributed by atoms with Crippen molar-refractivity contribution in [1.82, 2.24) is 10.1 Å². The SMILES string of the molecule is COc1ccccc1CC(=O)Nc1sccc1-c1nc(C)no1. The Morgan fingerprint density at radius 3 is 2.91 bits per heavy atom. The summed E-state index contributed by atoms with van der Waals surface area (Å²) in [6.45, 7) is 1.75.